The van der Waals surface area contributed by atoms with Crippen LogP contribution < -0.4 is 5.32 Å². The molecule has 1 N–H and O–H groups in total. The van der Waals surface area contributed by atoms with E-state index in [-0.39, 0.29) is 0 Å². The summed E-state index contributed by atoms with van der Waals surface area (Å²) in [6.07, 6.45) is 2.52. The second-order valence-electron chi connectivity index (χ2n) is 3.67. The van der Waals surface area contributed by atoms with Gasteiger partial charge < -0.3 is 5.32 Å². The average molecular weight is 247 g/mol. The first-order valence-corrected chi connectivity index (χ1v) is 6.18. The van der Waals surface area contributed by atoms with Crippen LogP contribution in [0.2, 0.25) is 0 Å². The van der Waals surface area contributed by atoms with E-state index in [4.69, 9.17) is 5.26 Å². The van der Waals surface area contributed by atoms with E-state index in [2.05, 4.69) is 21.5 Å². The third kappa shape index (κ3) is 3.37. The van der Waals surface area contributed by atoms with Crippen LogP contribution in [-0.2, 0) is 20.0 Å². The molecule has 0 saturated heterocycles. The SMILES string of the molecule is Cn1cnc(CCNCc2cc(C#N)cs2)n1. The Kier molecular flexibility index (Phi) is 3.85. The van der Waals surface area contributed by atoms with Crippen molar-refractivity contribution in [1.82, 2.24) is 20.1 Å². The lowest BCUT2D eigenvalue weighted by atomic mass is 10.3. The lowest BCUT2D eigenvalue weighted by Crippen LogP contribution is -2.16. The zero-order valence-corrected chi connectivity index (χ0v) is 10.4. The third-order valence-electron chi connectivity index (χ3n) is 2.25. The average Bonchev–Trinajstić information content (AvgIpc) is 2.93. The van der Waals surface area contributed by atoms with Gasteiger partial charge in [-0.05, 0) is 6.07 Å². The second-order valence-corrected chi connectivity index (χ2v) is 4.67. The molecule has 2 aromatic rings. The van der Waals surface area contributed by atoms with Crippen molar-refractivity contribution in [2.75, 3.05) is 6.54 Å². The van der Waals surface area contributed by atoms with E-state index >= 15 is 0 Å². The first kappa shape index (κ1) is 11.8. The van der Waals surface area contributed by atoms with Gasteiger partial charge in [-0.1, -0.05) is 0 Å². The van der Waals surface area contributed by atoms with Gasteiger partial charge in [-0.2, -0.15) is 10.4 Å². The normalized spacial score (nSPS) is 10.4. The quantitative estimate of drug-likeness (QED) is 0.803. The summed E-state index contributed by atoms with van der Waals surface area (Å²) in [6.45, 7) is 1.63. The standard InChI is InChI=1S/C11H13N5S/c1-16-8-14-11(15-16)2-3-13-6-10-4-9(5-12)7-17-10/h4,7-8,13H,2-3,6H2,1H3. The lowest BCUT2D eigenvalue weighted by molar-refractivity contribution is 0.665. The molecule has 0 aliphatic rings. The largest absolute Gasteiger partial charge is 0.311 e. The molecule has 0 aromatic carbocycles. The molecule has 0 unspecified atom stereocenters. The monoisotopic (exact) mass is 247 g/mol. The van der Waals surface area contributed by atoms with E-state index in [1.165, 1.54) is 4.88 Å². The Morgan fingerprint density at radius 2 is 2.47 bits per heavy atom. The van der Waals surface area contributed by atoms with Gasteiger partial charge in [0.1, 0.15) is 12.4 Å². The number of nitriles is 1. The van der Waals surface area contributed by atoms with Gasteiger partial charge >= 0.3 is 0 Å². The predicted molar refractivity (Wildman–Crippen MR) is 65.4 cm³/mol. The molecule has 2 heterocycles. The van der Waals surface area contributed by atoms with Crippen molar-refractivity contribution in [3.8, 4) is 6.07 Å². The maximum atomic E-state index is 8.69. The number of aromatic nitrogens is 3. The Morgan fingerprint density at radius 3 is 3.12 bits per heavy atom. The Balaban J connectivity index is 1.71. The van der Waals surface area contributed by atoms with Crippen molar-refractivity contribution in [3.05, 3.63) is 34.0 Å². The maximum Gasteiger partial charge on any atom is 0.151 e. The summed E-state index contributed by atoms with van der Waals surface area (Å²) in [6, 6.07) is 4.04. The summed E-state index contributed by atoms with van der Waals surface area (Å²) in [5.74, 6) is 0.851. The fourth-order valence-corrected chi connectivity index (χ4v) is 2.22. The summed E-state index contributed by atoms with van der Waals surface area (Å²) in [5, 5.41) is 18.1. The number of hydrogen-bond donors (Lipinski definition) is 1. The Labute approximate surface area is 104 Å². The van der Waals surface area contributed by atoms with Crippen LogP contribution in [0.5, 0.6) is 0 Å². The van der Waals surface area contributed by atoms with Gasteiger partial charge in [-0.15, -0.1) is 11.3 Å². The highest BCUT2D eigenvalue weighted by Crippen LogP contribution is 2.13. The molecule has 17 heavy (non-hydrogen) atoms. The van der Waals surface area contributed by atoms with Gasteiger partial charge in [0.15, 0.2) is 5.82 Å². The van der Waals surface area contributed by atoms with Crippen molar-refractivity contribution in [2.24, 2.45) is 7.05 Å². The topological polar surface area (TPSA) is 66.5 Å². The minimum Gasteiger partial charge on any atom is -0.311 e. The van der Waals surface area contributed by atoms with Crippen molar-refractivity contribution in [3.63, 3.8) is 0 Å². The highest BCUT2D eigenvalue weighted by Gasteiger charge is 2.00. The molecule has 0 atom stereocenters. The second kappa shape index (κ2) is 5.57. The first-order chi connectivity index (χ1) is 8.28. The Bertz CT molecular complexity index is 522. The molecule has 0 bridgehead atoms. The predicted octanol–water partition coefficient (Wildman–Crippen LogP) is 1.08. The van der Waals surface area contributed by atoms with Crippen LogP contribution in [0.1, 0.15) is 16.3 Å². The van der Waals surface area contributed by atoms with Crippen LogP contribution >= 0.6 is 11.3 Å². The number of nitrogens with zero attached hydrogens (tertiary/aromatic N) is 4. The van der Waals surface area contributed by atoms with Gasteiger partial charge in [0.05, 0.1) is 5.56 Å². The molecule has 0 amide bonds. The molecule has 88 valence electrons. The Hall–Kier alpha value is -1.71. The third-order valence-corrected chi connectivity index (χ3v) is 3.19. The number of rotatable bonds is 5. The summed E-state index contributed by atoms with van der Waals surface area (Å²) in [4.78, 5) is 5.33. The molecule has 0 saturated carbocycles. The van der Waals surface area contributed by atoms with Crippen LogP contribution in [0.15, 0.2) is 17.8 Å². The zero-order valence-electron chi connectivity index (χ0n) is 9.55. The van der Waals surface area contributed by atoms with Gasteiger partial charge in [-0.25, -0.2) is 4.98 Å². The summed E-state index contributed by atoms with van der Waals surface area (Å²) < 4.78 is 1.70. The smallest absolute Gasteiger partial charge is 0.151 e. The van der Waals surface area contributed by atoms with Gasteiger partial charge in [0.2, 0.25) is 0 Å². The van der Waals surface area contributed by atoms with Crippen LogP contribution in [-0.4, -0.2) is 21.3 Å². The molecular weight excluding hydrogens is 234 g/mol. The molecule has 6 heteroatoms. The molecule has 5 nitrogen and oxygen atoms in total. The summed E-state index contributed by atoms with van der Waals surface area (Å²) in [5.41, 5.74) is 0.734. The fraction of sp³-hybridized carbons (Fsp3) is 0.364. The van der Waals surface area contributed by atoms with Crippen LogP contribution in [0, 0.1) is 11.3 Å². The van der Waals surface area contributed by atoms with Crippen molar-refractivity contribution in [1.29, 1.82) is 5.26 Å². The minimum absolute atomic E-state index is 0.734. The highest BCUT2D eigenvalue weighted by atomic mass is 32.1. The molecular formula is C11H13N5S. The van der Waals surface area contributed by atoms with E-state index in [9.17, 15) is 0 Å². The van der Waals surface area contributed by atoms with Crippen molar-refractivity contribution < 1.29 is 0 Å². The van der Waals surface area contributed by atoms with E-state index < -0.39 is 0 Å². The van der Waals surface area contributed by atoms with Crippen molar-refractivity contribution >= 4 is 11.3 Å². The molecule has 0 spiro atoms. The lowest BCUT2D eigenvalue weighted by Gasteiger charge is -1.99. The summed E-state index contributed by atoms with van der Waals surface area (Å²) >= 11 is 1.60. The van der Waals surface area contributed by atoms with Gasteiger partial charge in [-0.3, -0.25) is 4.68 Å². The summed E-state index contributed by atoms with van der Waals surface area (Å²) in [7, 11) is 1.86. The van der Waals surface area contributed by atoms with Crippen LogP contribution in [0.25, 0.3) is 0 Å². The number of hydrogen-bond acceptors (Lipinski definition) is 5. The number of aryl methyl sites for hydroxylation is 1. The highest BCUT2D eigenvalue weighted by molar-refractivity contribution is 7.10. The molecule has 0 radical (unpaired) electrons. The molecule has 2 rings (SSSR count). The molecule has 2 aromatic heterocycles. The van der Waals surface area contributed by atoms with E-state index in [1.807, 2.05) is 18.5 Å². The molecule has 0 aliphatic carbocycles. The van der Waals surface area contributed by atoms with E-state index in [1.54, 1.807) is 22.3 Å². The Morgan fingerprint density at radius 1 is 1.59 bits per heavy atom. The van der Waals surface area contributed by atoms with E-state index in [0.29, 0.717) is 0 Å². The number of thiophene rings is 1. The van der Waals surface area contributed by atoms with Crippen LogP contribution in [0.4, 0.5) is 0 Å². The van der Waals surface area contributed by atoms with Crippen molar-refractivity contribution in [2.45, 2.75) is 13.0 Å². The van der Waals surface area contributed by atoms with Crippen LogP contribution in [0.3, 0.4) is 0 Å². The minimum atomic E-state index is 0.734. The molecule has 0 fully saturated rings. The maximum absolute atomic E-state index is 8.69. The van der Waals surface area contributed by atoms with Gasteiger partial charge in [0.25, 0.3) is 0 Å². The zero-order chi connectivity index (χ0) is 12.1. The van der Waals surface area contributed by atoms with Gasteiger partial charge in [0, 0.05) is 36.8 Å². The van der Waals surface area contributed by atoms with E-state index in [0.717, 1.165) is 30.9 Å². The molecule has 0 aliphatic heterocycles. The first-order valence-electron chi connectivity index (χ1n) is 5.30. The fourth-order valence-electron chi connectivity index (χ4n) is 1.44. The number of nitrogens with one attached hydrogen (secondary N) is 1.